The fraction of sp³-hybridized carbons (Fsp3) is 0.357. The van der Waals surface area contributed by atoms with Crippen molar-refractivity contribution in [2.75, 3.05) is 6.54 Å². The van der Waals surface area contributed by atoms with Crippen molar-refractivity contribution in [1.82, 2.24) is 14.3 Å². The minimum Gasteiger partial charge on any atom is -0.335 e. The van der Waals surface area contributed by atoms with Gasteiger partial charge in [-0.05, 0) is 32.4 Å². The number of sulfonamides is 1. The van der Waals surface area contributed by atoms with Gasteiger partial charge in [-0.1, -0.05) is 0 Å². The lowest BCUT2D eigenvalue weighted by Crippen LogP contribution is -2.25. The Morgan fingerprint density at radius 1 is 1.35 bits per heavy atom. The van der Waals surface area contributed by atoms with Crippen LogP contribution >= 0.6 is 0 Å². The van der Waals surface area contributed by atoms with Crippen LogP contribution in [0.15, 0.2) is 35.5 Å². The quantitative estimate of drug-likeness (QED) is 0.470. The molecule has 0 aliphatic carbocycles. The van der Waals surface area contributed by atoms with Crippen molar-refractivity contribution >= 4 is 15.7 Å². The van der Waals surface area contributed by atoms with E-state index in [0.717, 1.165) is 5.82 Å². The number of benzene rings is 1. The number of imidazole rings is 1. The van der Waals surface area contributed by atoms with Gasteiger partial charge in [-0.3, -0.25) is 10.1 Å². The Labute approximate surface area is 134 Å². The van der Waals surface area contributed by atoms with E-state index in [-0.39, 0.29) is 17.1 Å². The molecule has 0 amide bonds. The number of aryl methyl sites for hydroxylation is 3. The Bertz CT molecular complexity index is 814. The molecule has 2 rings (SSSR count). The first-order chi connectivity index (χ1) is 10.8. The third-order valence-electron chi connectivity index (χ3n) is 3.47. The predicted octanol–water partition coefficient (Wildman–Crippen LogP) is 1.78. The molecule has 0 unspecified atom stereocenters. The molecule has 0 atom stereocenters. The number of rotatable bonds is 7. The molecule has 23 heavy (non-hydrogen) atoms. The second kappa shape index (κ2) is 6.88. The second-order valence-electron chi connectivity index (χ2n) is 5.12. The maximum Gasteiger partial charge on any atom is 0.272 e. The van der Waals surface area contributed by atoms with Crippen LogP contribution in [-0.4, -0.2) is 29.4 Å². The first-order valence-corrected chi connectivity index (χ1v) is 8.52. The highest BCUT2D eigenvalue weighted by atomic mass is 32.2. The molecule has 0 aliphatic rings. The van der Waals surface area contributed by atoms with E-state index in [2.05, 4.69) is 9.71 Å². The highest BCUT2D eigenvalue weighted by Crippen LogP contribution is 2.21. The standard InChI is InChI=1S/C14H18N4O4S/c1-11-10-13(4-5-14(11)18(19)20)23(21,22)16-6-3-8-17-9-7-15-12(17)2/h4-5,7,9-10,16H,3,6,8H2,1-2H3. The molecule has 0 bridgehead atoms. The lowest BCUT2D eigenvalue weighted by molar-refractivity contribution is -0.385. The summed E-state index contributed by atoms with van der Waals surface area (Å²) in [4.78, 5) is 14.4. The molecule has 8 nitrogen and oxygen atoms in total. The number of nitrogens with one attached hydrogen (secondary N) is 1. The molecule has 1 heterocycles. The predicted molar refractivity (Wildman–Crippen MR) is 84.6 cm³/mol. The number of nitro groups is 1. The summed E-state index contributed by atoms with van der Waals surface area (Å²) in [5.74, 6) is 0.874. The fourth-order valence-corrected chi connectivity index (χ4v) is 3.34. The van der Waals surface area contributed by atoms with Gasteiger partial charge in [0.15, 0.2) is 0 Å². The van der Waals surface area contributed by atoms with Gasteiger partial charge in [-0.15, -0.1) is 0 Å². The van der Waals surface area contributed by atoms with Gasteiger partial charge in [0.05, 0.1) is 9.82 Å². The molecule has 0 saturated carbocycles. The SMILES string of the molecule is Cc1cc(S(=O)(=O)NCCCn2ccnc2C)ccc1[N+](=O)[O-]. The fourth-order valence-electron chi connectivity index (χ4n) is 2.18. The number of nitro benzene ring substituents is 1. The Balaban J connectivity index is 1.97. The summed E-state index contributed by atoms with van der Waals surface area (Å²) >= 11 is 0. The van der Waals surface area contributed by atoms with E-state index < -0.39 is 14.9 Å². The zero-order chi connectivity index (χ0) is 17.0. The Kier molecular flexibility index (Phi) is 5.12. The van der Waals surface area contributed by atoms with E-state index in [1.54, 1.807) is 6.20 Å². The summed E-state index contributed by atoms with van der Waals surface area (Å²) in [6.07, 6.45) is 4.14. The maximum atomic E-state index is 12.2. The summed E-state index contributed by atoms with van der Waals surface area (Å²) in [5.41, 5.74) is 0.214. The van der Waals surface area contributed by atoms with Crippen LogP contribution < -0.4 is 4.72 Å². The third kappa shape index (κ3) is 4.14. The summed E-state index contributed by atoms with van der Waals surface area (Å²) < 4.78 is 28.8. The van der Waals surface area contributed by atoms with E-state index in [4.69, 9.17) is 0 Å². The van der Waals surface area contributed by atoms with Gasteiger partial charge >= 0.3 is 0 Å². The summed E-state index contributed by atoms with van der Waals surface area (Å²) in [6.45, 7) is 4.33. The van der Waals surface area contributed by atoms with Crippen LogP contribution in [0.25, 0.3) is 0 Å². The molecule has 0 radical (unpaired) electrons. The van der Waals surface area contributed by atoms with Crippen LogP contribution in [0.2, 0.25) is 0 Å². The van der Waals surface area contributed by atoms with Gasteiger partial charge in [-0.25, -0.2) is 18.1 Å². The molecule has 2 aromatic rings. The van der Waals surface area contributed by atoms with Crippen molar-refractivity contribution in [2.24, 2.45) is 0 Å². The Hall–Kier alpha value is -2.26. The molecular weight excluding hydrogens is 320 g/mol. The summed E-state index contributed by atoms with van der Waals surface area (Å²) in [5, 5.41) is 10.8. The average molecular weight is 338 g/mol. The van der Waals surface area contributed by atoms with Crippen molar-refractivity contribution in [3.05, 3.63) is 52.1 Å². The van der Waals surface area contributed by atoms with Crippen LogP contribution in [0.4, 0.5) is 5.69 Å². The second-order valence-corrected chi connectivity index (χ2v) is 6.89. The van der Waals surface area contributed by atoms with Gasteiger partial charge in [0, 0.05) is 37.1 Å². The molecule has 1 N–H and O–H groups in total. The van der Waals surface area contributed by atoms with E-state index in [1.807, 2.05) is 17.7 Å². The van der Waals surface area contributed by atoms with Gasteiger partial charge in [0.2, 0.25) is 10.0 Å². The topological polar surface area (TPSA) is 107 Å². The lowest BCUT2D eigenvalue weighted by atomic mass is 10.2. The van der Waals surface area contributed by atoms with Crippen LogP contribution in [0.3, 0.4) is 0 Å². The van der Waals surface area contributed by atoms with Crippen LogP contribution in [0.1, 0.15) is 17.8 Å². The zero-order valence-electron chi connectivity index (χ0n) is 12.9. The lowest BCUT2D eigenvalue weighted by Gasteiger charge is -2.08. The molecule has 9 heteroatoms. The molecule has 1 aromatic heterocycles. The number of hydrogen-bond donors (Lipinski definition) is 1. The summed E-state index contributed by atoms with van der Waals surface area (Å²) in [7, 11) is -3.67. The smallest absolute Gasteiger partial charge is 0.272 e. The first-order valence-electron chi connectivity index (χ1n) is 7.04. The van der Waals surface area contributed by atoms with E-state index in [1.165, 1.54) is 25.1 Å². The largest absolute Gasteiger partial charge is 0.335 e. The maximum absolute atomic E-state index is 12.2. The molecule has 1 aromatic carbocycles. The molecular formula is C14H18N4O4S. The van der Waals surface area contributed by atoms with Crippen LogP contribution in [0.5, 0.6) is 0 Å². The molecule has 0 aliphatic heterocycles. The molecule has 124 valence electrons. The van der Waals surface area contributed by atoms with Crippen molar-refractivity contribution in [3.8, 4) is 0 Å². The highest BCUT2D eigenvalue weighted by Gasteiger charge is 2.18. The number of hydrogen-bond acceptors (Lipinski definition) is 5. The monoisotopic (exact) mass is 338 g/mol. The summed E-state index contributed by atoms with van der Waals surface area (Å²) in [6, 6.07) is 3.76. The average Bonchev–Trinajstić information content (AvgIpc) is 2.88. The van der Waals surface area contributed by atoms with E-state index in [9.17, 15) is 18.5 Å². The van der Waals surface area contributed by atoms with E-state index >= 15 is 0 Å². The van der Waals surface area contributed by atoms with Gasteiger partial charge in [0.25, 0.3) is 5.69 Å². The van der Waals surface area contributed by atoms with E-state index in [0.29, 0.717) is 18.5 Å². The number of aromatic nitrogens is 2. The molecule has 0 spiro atoms. The first kappa shape index (κ1) is 17.1. The minimum atomic E-state index is -3.67. The highest BCUT2D eigenvalue weighted by molar-refractivity contribution is 7.89. The molecule has 0 saturated heterocycles. The molecule has 0 fully saturated rings. The Morgan fingerprint density at radius 2 is 2.09 bits per heavy atom. The zero-order valence-corrected chi connectivity index (χ0v) is 13.7. The van der Waals surface area contributed by atoms with Crippen molar-refractivity contribution in [2.45, 2.75) is 31.7 Å². The minimum absolute atomic E-state index is 0.0272. The number of nitrogens with zero attached hydrogens (tertiary/aromatic N) is 3. The Morgan fingerprint density at radius 3 is 2.65 bits per heavy atom. The van der Waals surface area contributed by atoms with Gasteiger partial charge < -0.3 is 4.57 Å². The van der Waals surface area contributed by atoms with Crippen molar-refractivity contribution in [1.29, 1.82) is 0 Å². The van der Waals surface area contributed by atoms with Crippen LogP contribution in [0, 0.1) is 24.0 Å². The van der Waals surface area contributed by atoms with Crippen molar-refractivity contribution < 1.29 is 13.3 Å². The normalized spacial score (nSPS) is 11.6. The van der Waals surface area contributed by atoms with Gasteiger partial charge in [-0.2, -0.15) is 0 Å². The van der Waals surface area contributed by atoms with Crippen molar-refractivity contribution in [3.63, 3.8) is 0 Å². The third-order valence-corrected chi connectivity index (χ3v) is 4.93. The van der Waals surface area contributed by atoms with Gasteiger partial charge in [0.1, 0.15) is 5.82 Å². The van der Waals surface area contributed by atoms with Crippen LogP contribution in [-0.2, 0) is 16.6 Å².